The third-order valence-corrected chi connectivity index (χ3v) is 21.0. The van der Waals surface area contributed by atoms with Crippen LogP contribution in [0.15, 0.2) is 48.5 Å². The van der Waals surface area contributed by atoms with Crippen molar-refractivity contribution in [2.45, 2.75) is 246 Å². The Morgan fingerprint density at radius 3 is 1.13 bits per heavy atom. The van der Waals surface area contributed by atoms with E-state index in [4.69, 9.17) is 51.3 Å². The molecule has 1 heterocycles. The topological polar surface area (TPSA) is 885 Å². The van der Waals surface area contributed by atoms with Crippen LogP contribution < -0.4 is 126 Å². The van der Waals surface area contributed by atoms with Gasteiger partial charge in [0.25, 0.3) is 0 Å². The number of amides is 16. The molecule has 131 heavy (non-hydrogen) atoms. The van der Waals surface area contributed by atoms with E-state index in [0.29, 0.717) is 5.56 Å². The molecule has 732 valence electrons. The van der Waals surface area contributed by atoms with Gasteiger partial charge in [0, 0.05) is 38.8 Å². The summed E-state index contributed by atoms with van der Waals surface area (Å²) in [5.41, 5.74) is 47.0. The average molecular weight is 1860 g/mol. The molecule has 20 atom stereocenters. The maximum Gasteiger partial charge on any atom is 0.326 e. The maximum absolute atomic E-state index is 14.6. The summed E-state index contributed by atoms with van der Waals surface area (Å²) in [6.45, 7) is 5.58. The highest BCUT2D eigenvalue weighted by Gasteiger charge is 2.45. The summed E-state index contributed by atoms with van der Waals surface area (Å²) in [5, 5.41) is 125. The molecule has 0 saturated carbocycles. The number of guanidine groups is 1. The number of carboxylic acids is 2. The van der Waals surface area contributed by atoms with Crippen LogP contribution in [0, 0.1) is 17.2 Å². The number of phenolic OH excluding ortho intramolecular Hbond substituents is 2. The number of β-amino-alcohol motifs (C(OH)–C–C–N with tert-alkyl or cyclic N) is 1. The SMILES string of the molecule is CC[C@H](C)[C@H](NC(=O)[C@@H]1C[C@@H](O)CN1C(=O)[C@@H](N)C(C)C)C(=O)N[C@@H](CCN)C(=O)N[C@@H](Cc1ccc(O)cc1)C(=O)N[C@H](C(=O)N[C@@H](CC(N)=O)C(=O)N[C@@H](CCCNC(=N)N)C(=O)N[C@@H](CCN)C(=O)N[C@H](C(=O)N[C@H](CCN)C(=O)N[C@@H](CO)C(=O)N[C@@H](CCN)C(=O)N[C@@H](CCN)C(=O)N[C@@H](CCC(=O)O)C(=O)N[C@@H](Cc1ccc(O)cc1)C(=O)O)[C@@H](C)O)[C@@H](C)O. The third kappa shape index (κ3) is 38.1. The lowest BCUT2D eigenvalue weighted by Gasteiger charge is -2.31. The fourth-order valence-corrected chi connectivity index (χ4v) is 13.3. The number of hydrogen-bond acceptors (Lipinski definition) is 31. The Balaban J connectivity index is 1.88. The molecule has 1 saturated heterocycles. The van der Waals surface area contributed by atoms with E-state index < -0.39 is 291 Å². The molecular weight excluding hydrogens is 1730 g/mol. The molecule has 2 aromatic rings. The van der Waals surface area contributed by atoms with Crippen molar-refractivity contribution < 1.29 is 127 Å². The summed E-state index contributed by atoms with van der Waals surface area (Å²) in [4.78, 5) is 249. The monoisotopic (exact) mass is 1860 g/mol. The minimum Gasteiger partial charge on any atom is -0.508 e. The van der Waals surface area contributed by atoms with Crippen molar-refractivity contribution in [2.24, 2.45) is 57.7 Å². The first-order valence-electron chi connectivity index (χ1n) is 42.5. The highest BCUT2D eigenvalue weighted by Crippen LogP contribution is 2.23. The van der Waals surface area contributed by atoms with Gasteiger partial charge >= 0.3 is 11.9 Å². The van der Waals surface area contributed by atoms with Crippen LogP contribution in [-0.2, 0) is 99.1 Å². The van der Waals surface area contributed by atoms with E-state index in [9.17, 15) is 127 Å². The fraction of sp³-hybridized carbons (Fsp3) is 0.613. The minimum atomic E-state index is -2.08. The summed E-state index contributed by atoms with van der Waals surface area (Å²) in [7, 11) is 0. The highest BCUT2D eigenvalue weighted by atomic mass is 16.4. The number of nitrogens with zero attached hydrogens (tertiary/aromatic N) is 1. The number of benzene rings is 2. The van der Waals surface area contributed by atoms with Crippen molar-refractivity contribution in [1.29, 1.82) is 5.41 Å². The molecule has 1 aliphatic rings. The first kappa shape index (κ1) is 113. The number of nitrogens with two attached hydrogens (primary N) is 8. The molecule has 0 radical (unpaired) electrons. The molecule has 51 nitrogen and oxygen atoms in total. The molecule has 16 amide bonds. The zero-order valence-electron chi connectivity index (χ0n) is 73.8. The summed E-state index contributed by atoms with van der Waals surface area (Å²) in [6, 6.07) is -16.4. The van der Waals surface area contributed by atoms with E-state index in [1.807, 2.05) is 0 Å². The van der Waals surface area contributed by atoms with Crippen LogP contribution in [0.25, 0.3) is 0 Å². The van der Waals surface area contributed by atoms with E-state index in [1.165, 1.54) is 48.5 Å². The number of carbonyl (C=O) groups is 18. The van der Waals surface area contributed by atoms with Gasteiger partial charge in [-0.05, 0) is 145 Å². The number of rotatable bonds is 59. The Morgan fingerprint density at radius 1 is 0.443 bits per heavy atom. The third-order valence-electron chi connectivity index (χ3n) is 21.0. The lowest BCUT2D eigenvalue weighted by molar-refractivity contribution is -0.143. The lowest BCUT2D eigenvalue weighted by Crippen LogP contribution is -2.63. The number of hydrogen-bond donors (Lipinski definition) is 32. The first-order valence-corrected chi connectivity index (χ1v) is 42.5. The molecule has 0 aromatic heterocycles. The molecule has 51 heteroatoms. The van der Waals surface area contributed by atoms with Gasteiger partial charge in [0.2, 0.25) is 94.5 Å². The van der Waals surface area contributed by atoms with E-state index in [2.05, 4.69) is 79.8 Å². The Bertz CT molecular complexity index is 4210. The Morgan fingerprint density at radius 2 is 0.771 bits per heavy atom. The van der Waals surface area contributed by atoms with Crippen LogP contribution in [0.2, 0.25) is 0 Å². The van der Waals surface area contributed by atoms with Gasteiger partial charge in [-0.25, -0.2) is 4.79 Å². The maximum atomic E-state index is 14.6. The van der Waals surface area contributed by atoms with Gasteiger partial charge in [-0.2, -0.15) is 0 Å². The van der Waals surface area contributed by atoms with Crippen LogP contribution in [0.5, 0.6) is 11.5 Å². The number of aliphatic carboxylic acids is 2. The quantitative estimate of drug-likeness (QED) is 0.0166. The molecule has 40 N–H and O–H groups in total. The van der Waals surface area contributed by atoms with Crippen molar-refractivity contribution in [2.75, 3.05) is 52.4 Å². The Hall–Kier alpha value is -12.6. The predicted octanol–water partition coefficient (Wildman–Crippen LogP) is -12.8. The van der Waals surface area contributed by atoms with Gasteiger partial charge in [0.05, 0.1) is 37.4 Å². The Kier molecular flexibility index (Phi) is 48.7. The lowest BCUT2D eigenvalue weighted by atomic mass is 9.96. The number of carboxylic acid groups (broad SMARTS) is 2. The van der Waals surface area contributed by atoms with Gasteiger partial charge in [0.15, 0.2) is 5.96 Å². The van der Waals surface area contributed by atoms with Crippen molar-refractivity contribution in [1.82, 2.24) is 84.7 Å². The summed E-state index contributed by atoms with van der Waals surface area (Å²) in [6.07, 6.45) is -10.3. The van der Waals surface area contributed by atoms with Gasteiger partial charge in [-0.15, -0.1) is 0 Å². The molecule has 0 spiro atoms. The molecule has 0 aliphatic carbocycles. The first-order chi connectivity index (χ1) is 61.7. The number of nitrogens with one attached hydrogen (secondary N) is 16. The second kappa shape index (κ2) is 56.7. The summed E-state index contributed by atoms with van der Waals surface area (Å²) in [5.74, 6) is -22.9. The minimum absolute atomic E-state index is 0.118. The Labute approximate surface area is 754 Å². The van der Waals surface area contributed by atoms with Crippen LogP contribution >= 0.6 is 0 Å². The van der Waals surface area contributed by atoms with Crippen LogP contribution in [-0.4, -0.2) is 326 Å². The number of aliphatic hydroxyl groups excluding tert-OH is 4. The summed E-state index contributed by atoms with van der Waals surface area (Å²) < 4.78 is 0. The fourth-order valence-electron chi connectivity index (χ4n) is 13.3. The van der Waals surface area contributed by atoms with Crippen LogP contribution in [0.1, 0.15) is 130 Å². The van der Waals surface area contributed by atoms with Crippen molar-refractivity contribution >= 4 is 112 Å². The molecule has 0 unspecified atom stereocenters. The van der Waals surface area contributed by atoms with Gasteiger partial charge < -0.3 is 171 Å². The number of carbonyl (C=O) groups excluding carboxylic acids is 16. The molecule has 2 aromatic carbocycles. The molecule has 0 bridgehead atoms. The number of aromatic hydroxyl groups is 2. The van der Waals surface area contributed by atoms with Gasteiger partial charge in [0.1, 0.15) is 102 Å². The zero-order valence-corrected chi connectivity index (χ0v) is 73.8. The standard InChI is InChI=1S/C80H131N25O26/c1-7-38(4)61(102-74(125)57-33-45(111)35-105(57)78(129)60(87)37(2)3)75(126)96-50(22-27-83)68(119)98-53(31-41-10-14-43(109)15-11-41)72(123)104-63(40(6)108)77(128)99-54(34-58(86)112)71(122)91-46(9-8-30-90-80(88)89)64(115)94-52(24-29-85)70(121)103-62(39(5)107)76(127)97-51(23-28-84)69(120)101-56(36-106)73(124)95-49(21-26-82)67(118)93-48(20-25-81)66(117)92-47(18-19-59(113)114)65(116)100-55(79(130)131)32-42-12-16-44(110)17-13-42/h10-17,37-40,45-57,60-63,106-111H,7-9,18-36,81-85,87H2,1-6H3,(H2,86,112)(H,91,122)(H,92,117)(H,93,118)(H,94,115)(H,95,124)(H,96,126)(H,97,127)(H,98,119)(H,99,128)(H,100,116)(H,101,120)(H,102,125)(H,103,121)(H,104,123)(H,113,114)(H,130,131)(H4,88,89,90)/t38-,39+,40+,45+,46-,47-,48-,49-,50-,51+,52-,53-,54-,55-,56-,57-,60-,61-,62-,63-/m0/s1. The van der Waals surface area contributed by atoms with E-state index in [0.717, 1.165) is 18.7 Å². The van der Waals surface area contributed by atoms with E-state index in [-0.39, 0.29) is 107 Å². The molecule has 1 aliphatic heterocycles. The normalized spacial score (nSPS) is 17.1. The second-order valence-electron chi connectivity index (χ2n) is 31.9. The zero-order chi connectivity index (χ0) is 98.8. The van der Waals surface area contributed by atoms with Gasteiger partial charge in [-0.1, -0.05) is 58.4 Å². The second-order valence-corrected chi connectivity index (χ2v) is 31.9. The van der Waals surface area contributed by atoms with Crippen LogP contribution in [0.3, 0.4) is 0 Å². The predicted molar refractivity (Wildman–Crippen MR) is 465 cm³/mol. The van der Waals surface area contributed by atoms with E-state index in [1.54, 1.807) is 27.7 Å². The van der Waals surface area contributed by atoms with Crippen molar-refractivity contribution in [3.05, 3.63) is 59.7 Å². The van der Waals surface area contributed by atoms with Crippen LogP contribution in [0.4, 0.5) is 0 Å². The molecule has 3 rings (SSSR count). The summed E-state index contributed by atoms with van der Waals surface area (Å²) >= 11 is 0. The number of phenols is 2. The largest absolute Gasteiger partial charge is 0.508 e. The van der Waals surface area contributed by atoms with Gasteiger partial charge in [-0.3, -0.25) is 86.9 Å². The number of primary amides is 1. The van der Waals surface area contributed by atoms with E-state index >= 15 is 0 Å². The highest BCUT2D eigenvalue weighted by molar-refractivity contribution is 6.02. The van der Waals surface area contributed by atoms with Crippen molar-refractivity contribution in [3.8, 4) is 11.5 Å². The molecular formula is C80H131N25O26. The number of likely N-dealkylation sites (tertiary alicyclic amines) is 1. The number of aliphatic hydroxyl groups is 4. The van der Waals surface area contributed by atoms with Crippen molar-refractivity contribution in [3.63, 3.8) is 0 Å². The average Bonchev–Trinajstić information content (AvgIpc) is 1.66. The molecule has 1 fully saturated rings. The smallest absolute Gasteiger partial charge is 0.326 e.